The number of nitrogens with zero attached hydrogens (tertiary/aromatic N) is 3. The Morgan fingerprint density at radius 1 is 0.379 bits per heavy atom. The number of aromatic nitrogens is 3. The number of pyridine rings is 1. The highest BCUT2D eigenvalue weighted by atomic mass is 32.1. The highest BCUT2D eigenvalue weighted by molar-refractivity contribution is 7.26. The van der Waals surface area contributed by atoms with E-state index in [1.165, 1.54) is 36.5 Å². The second-order valence-corrected chi connectivity index (χ2v) is 15.7. The third-order valence-corrected chi connectivity index (χ3v) is 12.5. The summed E-state index contributed by atoms with van der Waals surface area (Å²) in [5.74, 6) is 0.677. The molecule has 4 heterocycles. The van der Waals surface area contributed by atoms with Crippen molar-refractivity contribution in [2.75, 3.05) is 0 Å². The van der Waals surface area contributed by atoms with E-state index in [0.29, 0.717) is 5.82 Å². The first-order valence-electron chi connectivity index (χ1n) is 19.4. The van der Waals surface area contributed by atoms with Gasteiger partial charge in [0.2, 0.25) is 0 Å². The first-order chi connectivity index (χ1) is 28.7. The van der Waals surface area contributed by atoms with Crippen LogP contribution in [0, 0.1) is 0 Å². The van der Waals surface area contributed by atoms with Crippen LogP contribution in [0.1, 0.15) is 0 Å². The molecular formula is C53H31N3OS. The number of para-hydroxylation sites is 2. The van der Waals surface area contributed by atoms with E-state index in [-0.39, 0.29) is 0 Å². The Labute approximate surface area is 337 Å². The van der Waals surface area contributed by atoms with Gasteiger partial charge in [-0.2, -0.15) is 0 Å². The molecule has 12 aromatic rings. The molecule has 4 nitrogen and oxygen atoms in total. The van der Waals surface area contributed by atoms with E-state index < -0.39 is 0 Å². The number of benzene rings is 8. The van der Waals surface area contributed by atoms with Crippen LogP contribution in [-0.2, 0) is 0 Å². The van der Waals surface area contributed by atoms with Crippen molar-refractivity contribution < 1.29 is 4.42 Å². The Bertz CT molecular complexity index is 3550. The van der Waals surface area contributed by atoms with Gasteiger partial charge >= 0.3 is 0 Å². The number of hydrogen-bond donors (Lipinski definition) is 0. The van der Waals surface area contributed by atoms with E-state index in [9.17, 15) is 0 Å². The maximum atomic E-state index is 6.28. The molecule has 0 fully saturated rings. The van der Waals surface area contributed by atoms with E-state index in [4.69, 9.17) is 19.4 Å². The molecule has 4 aromatic heterocycles. The van der Waals surface area contributed by atoms with E-state index in [2.05, 4.69) is 146 Å². The van der Waals surface area contributed by atoms with Crippen LogP contribution in [-0.4, -0.2) is 15.0 Å². The fourth-order valence-electron chi connectivity index (χ4n) is 8.62. The van der Waals surface area contributed by atoms with Crippen molar-refractivity contribution in [2.24, 2.45) is 0 Å². The lowest BCUT2D eigenvalue weighted by atomic mass is 9.92. The minimum atomic E-state index is 0.677. The molecule has 0 bridgehead atoms. The second kappa shape index (κ2) is 13.1. The molecule has 0 amide bonds. The average molecular weight is 758 g/mol. The van der Waals surface area contributed by atoms with Gasteiger partial charge in [-0.3, -0.25) is 0 Å². The summed E-state index contributed by atoms with van der Waals surface area (Å²) in [5, 5.41) is 8.23. The lowest BCUT2D eigenvalue weighted by molar-refractivity contribution is 0.669. The largest absolute Gasteiger partial charge is 0.456 e. The van der Waals surface area contributed by atoms with Gasteiger partial charge in [-0.05, 0) is 42.0 Å². The Balaban J connectivity index is 1.07. The molecule has 0 unspecified atom stereocenters. The third-order valence-electron chi connectivity index (χ3n) is 11.3. The molecule has 0 aliphatic heterocycles. The zero-order chi connectivity index (χ0) is 38.2. The van der Waals surface area contributed by atoms with E-state index in [1.807, 2.05) is 53.8 Å². The molecule has 0 saturated carbocycles. The molecule has 270 valence electrons. The van der Waals surface area contributed by atoms with Crippen molar-refractivity contribution in [1.82, 2.24) is 15.0 Å². The molecular weight excluding hydrogens is 727 g/mol. The molecule has 0 aliphatic carbocycles. The van der Waals surface area contributed by atoms with Gasteiger partial charge < -0.3 is 4.42 Å². The van der Waals surface area contributed by atoms with Gasteiger partial charge in [-0.1, -0.05) is 152 Å². The van der Waals surface area contributed by atoms with Crippen LogP contribution in [0.5, 0.6) is 0 Å². The summed E-state index contributed by atoms with van der Waals surface area (Å²) < 4.78 is 8.83. The van der Waals surface area contributed by atoms with Gasteiger partial charge in [0.1, 0.15) is 11.2 Å². The van der Waals surface area contributed by atoms with Crippen molar-refractivity contribution in [3.05, 3.63) is 188 Å². The van der Waals surface area contributed by atoms with E-state index in [0.717, 1.165) is 77.7 Å². The minimum absolute atomic E-state index is 0.677. The predicted molar refractivity (Wildman–Crippen MR) is 242 cm³/mol. The van der Waals surface area contributed by atoms with Crippen LogP contribution in [0.25, 0.3) is 120 Å². The predicted octanol–water partition coefficient (Wildman–Crippen LogP) is 14.8. The molecule has 58 heavy (non-hydrogen) atoms. The first kappa shape index (κ1) is 32.7. The highest BCUT2D eigenvalue weighted by Gasteiger charge is 2.21. The normalized spacial score (nSPS) is 11.8. The lowest BCUT2D eigenvalue weighted by Gasteiger charge is -2.15. The van der Waals surface area contributed by atoms with Crippen molar-refractivity contribution in [2.45, 2.75) is 0 Å². The van der Waals surface area contributed by atoms with Gasteiger partial charge in [0.05, 0.1) is 22.6 Å². The molecule has 0 aliphatic rings. The Morgan fingerprint density at radius 3 is 1.86 bits per heavy atom. The van der Waals surface area contributed by atoms with Crippen molar-refractivity contribution in [3.63, 3.8) is 0 Å². The summed E-state index contributed by atoms with van der Waals surface area (Å²) >= 11 is 1.86. The Hall–Kier alpha value is -7.47. The fraction of sp³-hybridized carbons (Fsp3) is 0. The maximum Gasteiger partial charge on any atom is 0.160 e. The van der Waals surface area contributed by atoms with E-state index in [1.54, 1.807) is 0 Å². The molecule has 0 N–H and O–H groups in total. The summed E-state index contributed by atoms with van der Waals surface area (Å²) in [4.78, 5) is 15.7. The van der Waals surface area contributed by atoms with E-state index >= 15 is 0 Å². The van der Waals surface area contributed by atoms with Crippen LogP contribution in [0.2, 0.25) is 0 Å². The minimum Gasteiger partial charge on any atom is -0.456 e. The van der Waals surface area contributed by atoms with Gasteiger partial charge in [0, 0.05) is 74.9 Å². The summed E-state index contributed by atoms with van der Waals surface area (Å²) in [6.07, 6.45) is 0. The molecule has 0 atom stereocenters. The molecule has 8 aromatic carbocycles. The molecule has 5 heteroatoms. The lowest BCUT2D eigenvalue weighted by Crippen LogP contribution is -1.96. The highest BCUT2D eigenvalue weighted by Crippen LogP contribution is 2.48. The molecule has 12 rings (SSSR count). The molecule has 0 saturated heterocycles. The first-order valence-corrected chi connectivity index (χ1v) is 20.2. The van der Waals surface area contributed by atoms with Crippen molar-refractivity contribution in [3.8, 4) is 56.3 Å². The second-order valence-electron chi connectivity index (χ2n) is 14.7. The summed E-state index contributed by atoms with van der Waals surface area (Å²) in [6.45, 7) is 0. The monoisotopic (exact) mass is 757 g/mol. The maximum absolute atomic E-state index is 6.28. The topological polar surface area (TPSA) is 51.8 Å². The van der Waals surface area contributed by atoms with Crippen LogP contribution < -0.4 is 0 Å². The number of thiophene rings is 1. The Morgan fingerprint density at radius 2 is 1.03 bits per heavy atom. The fourth-order valence-corrected chi connectivity index (χ4v) is 9.87. The van der Waals surface area contributed by atoms with Gasteiger partial charge in [0.15, 0.2) is 5.82 Å². The number of furan rings is 1. The molecule has 0 spiro atoms. The summed E-state index contributed by atoms with van der Waals surface area (Å²) in [6, 6.07) is 65.9. The van der Waals surface area contributed by atoms with Gasteiger partial charge in [-0.25, -0.2) is 15.0 Å². The standard InChI is InChI=1S/C53H31N3OS/c1-3-14-34(15-4-1)51-41-30-40(52-50(39-20-9-12-25-47(39)58-52)49(41)36-18-7-10-22-42(36)54-51)32-26-28-33(29-27-32)43-31-44(56-53(55-43)35-16-5-2-6-17-35)37-21-13-24-46-48(37)38-19-8-11-23-45(38)57-46/h1-31H. The smallest absolute Gasteiger partial charge is 0.160 e. The third kappa shape index (κ3) is 5.18. The van der Waals surface area contributed by atoms with Crippen LogP contribution in [0.15, 0.2) is 192 Å². The van der Waals surface area contributed by atoms with Crippen molar-refractivity contribution >= 4 is 75.1 Å². The number of rotatable bonds is 5. The Kier molecular flexibility index (Phi) is 7.37. The van der Waals surface area contributed by atoms with Gasteiger partial charge in [0.25, 0.3) is 0 Å². The zero-order valence-corrected chi connectivity index (χ0v) is 31.9. The number of fused-ring (bicyclic) bond motifs is 10. The zero-order valence-electron chi connectivity index (χ0n) is 31.1. The van der Waals surface area contributed by atoms with Crippen LogP contribution in [0.3, 0.4) is 0 Å². The molecule has 0 radical (unpaired) electrons. The van der Waals surface area contributed by atoms with Crippen molar-refractivity contribution in [1.29, 1.82) is 0 Å². The van der Waals surface area contributed by atoms with Crippen LogP contribution >= 0.6 is 11.3 Å². The van der Waals surface area contributed by atoms with Gasteiger partial charge in [-0.15, -0.1) is 11.3 Å². The quantitative estimate of drug-likeness (QED) is 0.164. The average Bonchev–Trinajstić information content (AvgIpc) is 3.88. The SMILES string of the molecule is c1ccc(-c2nc(-c3ccc(-c4cc5c(-c6ccccc6)nc6ccccc6c5c5c4sc4ccccc45)cc3)cc(-c3cccc4oc5ccccc5c34)n2)cc1. The number of hydrogen-bond acceptors (Lipinski definition) is 5. The summed E-state index contributed by atoms with van der Waals surface area (Å²) in [7, 11) is 0. The van der Waals surface area contributed by atoms with Crippen LogP contribution in [0.4, 0.5) is 0 Å². The summed E-state index contributed by atoms with van der Waals surface area (Å²) in [5.41, 5.74) is 11.8.